The van der Waals surface area contributed by atoms with Gasteiger partial charge in [0.15, 0.2) is 0 Å². The third-order valence-electron chi connectivity index (χ3n) is 2.43. The number of rotatable bonds is 3. The number of pyridine rings is 1. The number of fused-ring (bicyclic) bond motifs is 1. The molecule has 0 saturated heterocycles. The SMILES string of the molecule is Nc1ncc(C=CCCBr)c2ccccc12. The van der Waals surface area contributed by atoms with Crippen LogP contribution in [0.1, 0.15) is 12.0 Å². The molecule has 3 heteroatoms. The van der Waals surface area contributed by atoms with E-state index in [1.165, 1.54) is 0 Å². The summed E-state index contributed by atoms with van der Waals surface area (Å²) in [6, 6.07) is 8.07. The first kappa shape index (κ1) is 11.1. The van der Waals surface area contributed by atoms with Gasteiger partial charge in [0.1, 0.15) is 5.82 Å². The van der Waals surface area contributed by atoms with E-state index in [0.717, 1.165) is 28.1 Å². The standard InChI is InChI=1S/C13H13BrN2/c14-8-4-3-5-10-9-16-13(15)12-7-2-1-6-11(10)12/h1-3,5-7,9H,4,8H2,(H2,15,16). The number of alkyl halides is 1. The highest BCUT2D eigenvalue weighted by Crippen LogP contribution is 2.23. The molecule has 2 aromatic rings. The van der Waals surface area contributed by atoms with Crippen LogP contribution in [-0.2, 0) is 0 Å². The smallest absolute Gasteiger partial charge is 0.131 e. The van der Waals surface area contributed by atoms with E-state index in [2.05, 4.69) is 39.1 Å². The van der Waals surface area contributed by atoms with Gasteiger partial charge in [-0.1, -0.05) is 52.3 Å². The van der Waals surface area contributed by atoms with Crippen LogP contribution in [0.3, 0.4) is 0 Å². The first-order valence-electron chi connectivity index (χ1n) is 5.18. The van der Waals surface area contributed by atoms with E-state index in [4.69, 9.17) is 5.73 Å². The second kappa shape index (κ2) is 5.12. The van der Waals surface area contributed by atoms with Crippen LogP contribution >= 0.6 is 15.9 Å². The van der Waals surface area contributed by atoms with E-state index in [0.29, 0.717) is 5.82 Å². The summed E-state index contributed by atoms with van der Waals surface area (Å²) in [7, 11) is 0. The molecule has 2 N–H and O–H groups in total. The number of nitrogens with two attached hydrogens (primary N) is 1. The molecule has 16 heavy (non-hydrogen) atoms. The molecule has 82 valence electrons. The Balaban J connectivity index is 2.50. The van der Waals surface area contributed by atoms with Crippen molar-refractivity contribution in [3.63, 3.8) is 0 Å². The Bertz CT molecular complexity index is 520. The predicted molar refractivity (Wildman–Crippen MR) is 73.6 cm³/mol. The summed E-state index contributed by atoms with van der Waals surface area (Å²) in [5.41, 5.74) is 6.95. The van der Waals surface area contributed by atoms with Gasteiger partial charge in [0.25, 0.3) is 0 Å². The maximum absolute atomic E-state index is 5.84. The fraction of sp³-hybridized carbons (Fsp3) is 0.154. The average Bonchev–Trinajstić information content (AvgIpc) is 2.33. The zero-order valence-corrected chi connectivity index (χ0v) is 10.4. The van der Waals surface area contributed by atoms with Crippen LogP contribution in [0, 0.1) is 0 Å². The molecule has 1 heterocycles. The third kappa shape index (κ3) is 2.25. The van der Waals surface area contributed by atoms with Crippen molar-refractivity contribution in [3.8, 4) is 0 Å². The highest BCUT2D eigenvalue weighted by atomic mass is 79.9. The summed E-state index contributed by atoms with van der Waals surface area (Å²) in [5, 5.41) is 3.15. The van der Waals surface area contributed by atoms with Gasteiger partial charge in [-0.25, -0.2) is 4.98 Å². The van der Waals surface area contributed by atoms with Crippen molar-refractivity contribution in [1.29, 1.82) is 0 Å². The summed E-state index contributed by atoms with van der Waals surface area (Å²) >= 11 is 3.40. The lowest BCUT2D eigenvalue weighted by Crippen LogP contribution is -1.92. The monoisotopic (exact) mass is 276 g/mol. The average molecular weight is 277 g/mol. The minimum absolute atomic E-state index is 0.591. The summed E-state index contributed by atoms with van der Waals surface area (Å²) in [4.78, 5) is 4.20. The van der Waals surface area contributed by atoms with E-state index < -0.39 is 0 Å². The van der Waals surface area contributed by atoms with Crippen molar-refractivity contribution in [2.75, 3.05) is 11.1 Å². The lowest BCUT2D eigenvalue weighted by Gasteiger charge is -2.04. The maximum atomic E-state index is 5.84. The highest BCUT2D eigenvalue weighted by molar-refractivity contribution is 9.09. The van der Waals surface area contributed by atoms with Gasteiger partial charge in [-0.3, -0.25) is 0 Å². The molecule has 0 radical (unpaired) electrons. The number of nitrogens with zero attached hydrogens (tertiary/aromatic N) is 1. The van der Waals surface area contributed by atoms with E-state index in [9.17, 15) is 0 Å². The van der Waals surface area contributed by atoms with Crippen LogP contribution < -0.4 is 5.73 Å². The Morgan fingerprint density at radius 2 is 2.00 bits per heavy atom. The Labute approximate surface area is 103 Å². The number of hydrogen-bond acceptors (Lipinski definition) is 2. The number of halogens is 1. The molecule has 2 nitrogen and oxygen atoms in total. The minimum Gasteiger partial charge on any atom is -0.383 e. The normalized spacial score (nSPS) is 11.3. The van der Waals surface area contributed by atoms with Crippen molar-refractivity contribution >= 4 is 38.6 Å². The van der Waals surface area contributed by atoms with Gasteiger partial charge in [0.05, 0.1) is 0 Å². The molecule has 0 bridgehead atoms. The highest BCUT2D eigenvalue weighted by Gasteiger charge is 2.01. The first-order chi connectivity index (χ1) is 7.83. The summed E-state index contributed by atoms with van der Waals surface area (Å²) in [6.45, 7) is 0. The zero-order valence-electron chi connectivity index (χ0n) is 8.86. The quantitative estimate of drug-likeness (QED) is 0.870. The molecule has 0 saturated carbocycles. The van der Waals surface area contributed by atoms with E-state index >= 15 is 0 Å². The second-order valence-electron chi connectivity index (χ2n) is 3.52. The minimum atomic E-state index is 0.591. The summed E-state index contributed by atoms with van der Waals surface area (Å²) < 4.78 is 0. The van der Waals surface area contributed by atoms with Crippen molar-refractivity contribution in [2.45, 2.75) is 6.42 Å². The van der Waals surface area contributed by atoms with E-state index in [1.807, 2.05) is 24.4 Å². The van der Waals surface area contributed by atoms with Gasteiger partial charge in [-0.2, -0.15) is 0 Å². The van der Waals surface area contributed by atoms with Gasteiger partial charge < -0.3 is 5.73 Å². The van der Waals surface area contributed by atoms with E-state index in [-0.39, 0.29) is 0 Å². The molecule has 1 aromatic heterocycles. The molecule has 0 atom stereocenters. The number of aromatic nitrogens is 1. The van der Waals surface area contributed by atoms with Crippen LogP contribution in [0.15, 0.2) is 36.5 Å². The first-order valence-corrected chi connectivity index (χ1v) is 6.31. The molecular weight excluding hydrogens is 264 g/mol. The maximum Gasteiger partial charge on any atom is 0.131 e. The zero-order chi connectivity index (χ0) is 11.4. The number of benzene rings is 1. The van der Waals surface area contributed by atoms with Crippen LogP contribution in [0.5, 0.6) is 0 Å². The molecule has 1 aromatic carbocycles. The Kier molecular flexibility index (Phi) is 3.57. The van der Waals surface area contributed by atoms with Crippen molar-refractivity contribution in [2.24, 2.45) is 0 Å². The molecule has 0 aliphatic rings. The fourth-order valence-corrected chi connectivity index (χ4v) is 1.91. The fourth-order valence-electron chi connectivity index (χ4n) is 1.64. The Morgan fingerprint density at radius 3 is 2.75 bits per heavy atom. The molecule has 2 rings (SSSR count). The number of anilines is 1. The molecule has 0 amide bonds. The van der Waals surface area contributed by atoms with E-state index in [1.54, 1.807) is 0 Å². The lowest BCUT2D eigenvalue weighted by molar-refractivity contribution is 1.27. The number of nitrogen functional groups attached to an aromatic ring is 1. The molecule has 0 unspecified atom stereocenters. The number of hydrogen-bond donors (Lipinski definition) is 1. The largest absolute Gasteiger partial charge is 0.383 e. The van der Waals surface area contributed by atoms with Gasteiger partial charge in [0, 0.05) is 22.5 Å². The lowest BCUT2D eigenvalue weighted by atomic mass is 10.1. The van der Waals surface area contributed by atoms with Crippen LogP contribution in [0.2, 0.25) is 0 Å². The van der Waals surface area contributed by atoms with Crippen LogP contribution in [0.4, 0.5) is 5.82 Å². The van der Waals surface area contributed by atoms with Crippen LogP contribution in [0.25, 0.3) is 16.8 Å². The van der Waals surface area contributed by atoms with Gasteiger partial charge >= 0.3 is 0 Å². The Morgan fingerprint density at radius 1 is 1.25 bits per heavy atom. The van der Waals surface area contributed by atoms with Crippen LogP contribution in [-0.4, -0.2) is 10.3 Å². The molecule has 0 spiro atoms. The van der Waals surface area contributed by atoms with Gasteiger partial charge in [0.2, 0.25) is 0 Å². The second-order valence-corrected chi connectivity index (χ2v) is 4.32. The topological polar surface area (TPSA) is 38.9 Å². The van der Waals surface area contributed by atoms with Gasteiger partial charge in [-0.15, -0.1) is 0 Å². The van der Waals surface area contributed by atoms with Crippen molar-refractivity contribution < 1.29 is 0 Å². The predicted octanol–water partition coefficient (Wildman–Crippen LogP) is 3.62. The summed E-state index contributed by atoms with van der Waals surface area (Å²) in [6.07, 6.45) is 7.06. The molecule has 0 aliphatic carbocycles. The number of allylic oxidation sites excluding steroid dienone is 1. The molecular formula is C13H13BrN2. The third-order valence-corrected chi connectivity index (χ3v) is 2.89. The Hall–Kier alpha value is -1.35. The summed E-state index contributed by atoms with van der Waals surface area (Å²) in [5.74, 6) is 0.591. The molecule has 0 aliphatic heterocycles. The van der Waals surface area contributed by atoms with Crippen molar-refractivity contribution in [1.82, 2.24) is 4.98 Å². The molecule has 0 fully saturated rings. The van der Waals surface area contributed by atoms with Crippen molar-refractivity contribution in [3.05, 3.63) is 42.1 Å². The van der Waals surface area contributed by atoms with Gasteiger partial charge in [-0.05, 0) is 11.8 Å².